The van der Waals surface area contributed by atoms with E-state index in [1.807, 2.05) is 42.6 Å². The van der Waals surface area contributed by atoms with Gasteiger partial charge in [-0.15, -0.1) is 0 Å². The van der Waals surface area contributed by atoms with Gasteiger partial charge in [-0.05, 0) is 29.8 Å². The molecule has 0 aliphatic carbocycles. The highest BCUT2D eigenvalue weighted by Gasteiger charge is 2.09. The number of benzene rings is 2. The van der Waals surface area contributed by atoms with E-state index in [2.05, 4.69) is 33.5 Å². The fourth-order valence-electron chi connectivity index (χ4n) is 2.76. The predicted octanol–water partition coefficient (Wildman–Crippen LogP) is 4.98. The minimum atomic E-state index is 0.721. The van der Waals surface area contributed by atoms with Gasteiger partial charge in [-0.1, -0.05) is 41.9 Å². The van der Waals surface area contributed by atoms with Crippen LogP contribution in [-0.2, 0) is 6.54 Å². The summed E-state index contributed by atoms with van der Waals surface area (Å²) in [5.74, 6) is 0. The molecular formula is C18H14ClN3. The minimum Gasteiger partial charge on any atom is -0.380 e. The Morgan fingerprint density at radius 1 is 1.05 bits per heavy atom. The number of aromatic nitrogens is 2. The second-order valence-electron chi connectivity index (χ2n) is 5.24. The fraction of sp³-hybridized carbons (Fsp3) is 0.0556. The summed E-state index contributed by atoms with van der Waals surface area (Å²) in [6, 6.07) is 18.1. The van der Waals surface area contributed by atoms with E-state index in [1.54, 1.807) is 0 Å². The van der Waals surface area contributed by atoms with Crippen LogP contribution in [0.5, 0.6) is 0 Å². The Kier molecular flexibility index (Phi) is 3.20. The number of H-pyrrole nitrogens is 1. The van der Waals surface area contributed by atoms with Crippen molar-refractivity contribution < 1.29 is 0 Å². The maximum atomic E-state index is 6.04. The highest BCUT2D eigenvalue weighted by Crippen LogP contribution is 2.30. The average molecular weight is 308 g/mol. The Morgan fingerprint density at radius 2 is 1.95 bits per heavy atom. The molecule has 0 radical (unpaired) electrons. The van der Waals surface area contributed by atoms with Crippen LogP contribution in [0, 0.1) is 0 Å². The third-order valence-electron chi connectivity index (χ3n) is 3.77. The van der Waals surface area contributed by atoms with Gasteiger partial charge in [-0.2, -0.15) is 0 Å². The van der Waals surface area contributed by atoms with Crippen LogP contribution in [0.4, 0.5) is 5.69 Å². The largest absolute Gasteiger partial charge is 0.380 e. The first-order valence-corrected chi connectivity index (χ1v) is 7.53. The summed E-state index contributed by atoms with van der Waals surface area (Å²) in [6.45, 7) is 0.721. The first kappa shape index (κ1) is 13.2. The maximum absolute atomic E-state index is 6.04. The lowest BCUT2D eigenvalue weighted by atomic mass is 10.1. The first-order chi connectivity index (χ1) is 10.8. The van der Waals surface area contributed by atoms with Crippen molar-refractivity contribution in [1.29, 1.82) is 0 Å². The second-order valence-corrected chi connectivity index (χ2v) is 5.67. The fourth-order valence-corrected chi connectivity index (χ4v) is 2.97. The molecule has 2 aromatic heterocycles. The molecule has 4 rings (SSSR count). The van der Waals surface area contributed by atoms with Crippen molar-refractivity contribution in [3.63, 3.8) is 0 Å². The molecular weight excluding hydrogens is 294 g/mol. The highest BCUT2D eigenvalue weighted by atomic mass is 35.5. The van der Waals surface area contributed by atoms with Crippen molar-refractivity contribution in [3.8, 4) is 0 Å². The molecule has 0 saturated heterocycles. The van der Waals surface area contributed by atoms with Crippen LogP contribution in [0.1, 0.15) is 5.56 Å². The molecule has 22 heavy (non-hydrogen) atoms. The zero-order valence-corrected chi connectivity index (χ0v) is 12.6. The van der Waals surface area contributed by atoms with Gasteiger partial charge in [0, 0.05) is 39.7 Å². The van der Waals surface area contributed by atoms with Crippen LogP contribution in [0.2, 0.25) is 5.02 Å². The molecule has 108 valence electrons. The summed E-state index contributed by atoms with van der Waals surface area (Å²) in [5.41, 5.74) is 4.22. The monoisotopic (exact) mass is 307 g/mol. The summed E-state index contributed by atoms with van der Waals surface area (Å²) in [7, 11) is 0. The molecule has 4 aromatic rings. The van der Waals surface area contributed by atoms with Gasteiger partial charge in [-0.25, -0.2) is 4.98 Å². The number of halogens is 1. The number of nitrogens with one attached hydrogen (secondary N) is 2. The molecule has 2 N–H and O–H groups in total. The van der Waals surface area contributed by atoms with E-state index in [0.29, 0.717) is 0 Å². The highest BCUT2D eigenvalue weighted by molar-refractivity contribution is 6.30. The second kappa shape index (κ2) is 5.35. The number of hydrogen-bond donors (Lipinski definition) is 2. The molecule has 0 amide bonds. The van der Waals surface area contributed by atoms with E-state index in [0.717, 1.165) is 39.4 Å². The lowest BCUT2D eigenvalue weighted by molar-refractivity contribution is 1.15. The normalized spacial score (nSPS) is 11.1. The average Bonchev–Trinajstić information content (AvgIpc) is 2.92. The van der Waals surface area contributed by atoms with Crippen LogP contribution in [0.3, 0.4) is 0 Å². The Balaban J connectivity index is 1.75. The van der Waals surface area contributed by atoms with Crippen LogP contribution >= 0.6 is 11.6 Å². The van der Waals surface area contributed by atoms with E-state index in [9.17, 15) is 0 Å². The molecule has 0 fully saturated rings. The van der Waals surface area contributed by atoms with Gasteiger partial charge >= 0.3 is 0 Å². The van der Waals surface area contributed by atoms with Crippen molar-refractivity contribution in [2.24, 2.45) is 0 Å². The zero-order chi connectivity index (χ0) is 14.9. The molecule has 0 saturated carbocycles. The summed E-state index contributed by atoms with van der Waals surface area (Å²) in [4.78, 5) is 7.78. The Bertz CT molecular complexity index is 959. The van der Waals surface area contributed by atoms with Gasteiger partial charge in [0.2, 0.25) is 0 Å². The third kappa shape index (κ3) is 2.30. The summed E-state index contributed by atoms with van der Waals surface area (Å²) in [6.07, 6.45) is 1.82. The summed E-state index contributed by atoms with van der Waals surface area (Å²) < 4.78 is 0. The predicted molar refractivity (Wildman–Crippen MR) is 92.4 cm³/mol. The van der Waals surface area contributed by atoms with E-state index in [4.69, 9.17) is 11.6 Å². The summed E-state index contributed by atoms with van der Waals surface area (Å²) >= 11 is 6.04. The van der Waals surface area contributed by atoms with Crippen molar-refractivity contribution >= 4 is 39.2 Å². The Labute approximate surface area is 132 Å². The van der Waals surface area contributed by atoms with Gasteiger partial charge in [-0.3, -0.25) is 0 Å². The van der Waals surface area contributed by atoms with Gasteiger partial charge in [0.05, 0.1) is 0 Å². The van der Waals surface area contributed by atoms with Gasteiger partial charge in [0.1, 0.15) is 5.65 Å². The molecule has 0 aliphatic heterocycles. The molecule has 3 nitrogen and oxygen atoms in total. The number of hydrogen-bond acceptors (Lipinski definition) is 2. The van der Waals surface area contributed by atoms with Crippen LogP contribution in [0.15, 0.2) is 60.8 Å². The van der Waals surface area contributed by atoms with Crippen LogP contribution < -0.4 is 5.32 Å². The van der Waals surface area contributed by atoms with Gasteiger partial charge in [0.15, 0.2) is 0 Å². The van der Waals surface area contributed by atoms with Crippen LogP contribution in [0.25, 0.3) is 21.9 Å². The number of aromatic amines is 1. The first-order valence-electron chi connectivity index (χ1n) is 7.15. The molecule has 0 atom stereocenters. The van der Waals surface area contributed by atoms with Crippen molar-refractivity contribution in [1.82, 2.24) is 9.97 Å². The third-order valence-corrected chi connectivity index (χ3v) is 4.01. The molecule has 4 heteroatoms. The zero-order valence-electron chi connectivity index (χ0n) is 11.8. The molecule has 0 aliphatic rings. The molecule has 0 bridgehead atoms. The molecule has 2 heterocycles. The Morgan fingerprint density at radius 3 is 2.86 bits per heavy atom. The van der Waals surface area contributed by atoms with Gasteiger partial charge in [0.25, 0.3) is 0 Å². The molecule has 0 spiro atoms. The standard InChI is InChI=1S/C18H14ClN3/c19-13-5-3-4-12(10-13)11-21-16-8-9-20-18-17(16)14-6-1-2-7-15(14)22-18/h1-10H,11H2,(H2,20,21,22). The number of nitrogens with zero attached hydrogens (tertiary/aromatic N) is 1. The van der Waals surface area contributed by atoms with Crippen LogP contribution in [-0.4, -0.2) is 9.97 Å². The van der Waals surface area contributed by atoms with E-state index >= 15 is 0 Å². The minimum absolute atomic E-state index is 0.721. The smallest absolute Gasteiger partial charge is 0.140 e. The molecule has 0 unspecified atom stereocenters. The van der Waals surface area contributed by atoms with E-state index < -0.39 is 0 Å². The maximum Gasteiger partial charge on any atom is 0.140 e. The number of anilines is 1. The van der Waals surface area contributed by atoms with E-state index in [1.165, 1.54) is 5.39 Å². The topological polar surface area (TPSA) is 40.7 Å². The van der Waals surface area contributed by atoms with Crippen molar-refractivity contribution in [2.45, 2.75) is 6.54 Å². The van der Waals surface area contributed by atoms with Crippen molar-refractivity contribution in [2.75, 3.05) is 5.32 Å². The quantitative estimate of drug-likeness (QED) is 0.560. The summed E-state index contributed by atoms with van der Waals surface area (Å²) in [5, 5.41) is 6.55. The molecule has 2 aromatic carbocycles. The van der Waals surface area contributed by atoms with Gasteiger partial charge < -0.3 is 10.3 Å². The number of pyridine rings is 1. The number of fused-ring (bicyclic) bond motifs is 3. The number of rotatable bonds is 3. The SMILES string of the molecule is Clc1cccc(CNc2ccnc3[nH]c4ccccc4c23)c1. The van der Waals surface area contributed by atoms with Crippen molar-refractivity contribution in [3.05, 3.63) is 71.4 Å². The lowest BCUT2D eigenvalue weighted by Crippen LogP contribution is -2.00. The lowest BCUT2D eigenvalue weighted by Gasteiger charge is -2.08. The Hall–Kier alpha value is -2.52. The number of para-hydroxylation sites is 1. The van der Waals surface area contributed by atoms with E-state index in [-0.39, 0.29) is 0 Å².